The summed E-state index contributed by atoms with van der Waals surface area (Å²) in [6.45, 7) is 0. The molecule has 2 aromatic carbocycles. The Balaban J connectivity index is 2.11. The second-order valence-electron chi connectivity index (χ2n) is 4.34. The van der Waals surface area contributed by atoms with Crippen molar-refractivity contribution < 1.29 is 15.3 Å². The van der Waals surface area contributed by atoms with Gasteiger partial charge in [0.2, 0.25) is 0 Å². The van der Waals surface area contributed by atoms with Crippen LogP contribution in [-0.2, 0) is 5.75 Å². The first-order chi connectivity index (χ1) is 9.54. The Labute approximate surface area is 124 Å². The molecule has 0 atom stereocenters. The molecule has 0 aromatic heterocycles. The monoisotopic (exact) mass is 307 g/mol. The van der Waals surface area contributed by atoms with Crippen LogP contribution in [0.3, 0.4) is 0 Å². The number of phenolic OH excluding ortho intramolecular Hbond substituents is 3. The number of nitrogens with zero attached hydrogens (tertiary/aromatic N) is 1. The van der Waals surface area contributed by atoms with Crippen LogP contribution in [-0.4, -0.2) is 20.4 Å². The second-order valence-corrected chi connectivity index (χ2v) is 5.74. The van der Waals surface area contributed by atoms with E-state index in [9.17, 15) is 15.3 Å². The molecule has 6 heteroatoms. The van der Waals surface area contributed by atoms with Crippen LogP contribution in [0, 0.1) is 0 Å². The molecular formula is C14H10ClNO3S. The van der Waals surface area contributed by atoms with E-state index in [1.165, 1.54) is 23.9 Å². The summed E-state index contributed by atoms with van der Waals surface area (Å²) < 4.78 is 0. The summed E-state index contributed by atoms with van der Waals surface area (Å²) in [5.74, 6) is 0.0451. The summed E-state index contributed by atoms with van der Waals surface area (Å²) in [7, 11) is 0. The van der Waals surface area contributed by atoms with Gasteiger partial charge in [-0.15, -0.1) is 11.8 Å². The molecule has 1 heterocycles. The van der Waals surface area contributed by atoms with Crippen molar-refractivity contribution in [1.82, 2.24) is 0 Å². The van der Waals surface area contributed by atoms with Gasteiger partial charge in [-0.3, -0.25) is 0 Å². The zero-order valence-electron chi connectivity index (χ0n) is 10.2. The lowest BCUT2D eigenvalue weighted by atomic mass is 10.1. The highest BCUT2D eigenvalue weighted by Gasteiger charge is 2.21. The van der Waals surface area contributed by atoms with E-state index in [-0.39, 0.29) is 22.8 Å². The molecule has 0 spiro atoms. The molecule has 20 heavy (non-hydrogen) atoms. The van der Waals surface area contributed by atoms with E-state index in [1.807, 2.05) is 6.07 Å². The first kappa shape index (κ1) is 13.1. The summed E-state index contributed by atoms with van der Waals surface area (Å²) in [4.78, 5) is 4.43. The normalized spacial score (nSPS) is 13.8. The topological polar surface area (TPSA) is 73.0 Å². The Morgan fingerprint density at radius 3 is 2.45 bits per heavy atom. The molecule has 0 saturated heterocycles. The SMILES string of the molecule is Oc1cc(O)c(C2=Nc3ccc(Cl)cc3CS2)c(O)c1. The molecule has 0 bridgehead atoms. The molecule has 4 nitrogen and oxygen atoms in total. The standard InChI is InChI=1S/C14H10ClNO3S/c15-8-1-2-10-7(3-8)6-20-14(16-10)13-11(18)4-9(17)5-12(13)19/h1-5,17-19H,6H2. The number of halogens is 1. The lowest BCUT2D eigenvalue weighted by Crippen LogP contribution is -2.02. The van der Waals surface area contributed by atoms with Crippen molar-refractivity contribution in [3.05, 3.63) is 46.5 Å². The zero-order chi connectivity index (χ0) is 14.3. The van der Waals surface area contributed by atoms with Crippen molar-refractivity contribution in [2.45, 2.75) is 5.75 Å². The van der Waals surface area contributed by atoms with Gasteiger partial charge in [-0.2, -0.15) is 0 Å². The van der Waals surface area contributed by atoms with Crippen LogP contribution in [0.1, 0.15) is 11.1 Å². The van der Waals surface area contributed by atoms with E-state index in [2.05, 4.69) is 4.99 Å². The quantitative estimate of drug-likeness (QED) is 0.749. The molecule has 3 rings (SSSR count). The largest absolute Gasteiger partial charge is 0.508 e. The molecule has 0 amide bonds. The van der Waals surface area contributed by atoms with Gasteiger partial charge in [0.25, 0.3) is 0 Å². The lowest BCUT2D eigenvalue weighted by Gasteiger charge is -2.17. The molecule has 3 N–H and O–H groups in total. The smallest absolute Gasteiger partial charge is 0.132 e. The number of aliphatic imine (C=N–C) groups is 1. The minimum Gasteiger partial charge on any atom is -0.508 e. The maximum absolute atomic E-state index is 9.88. The molecule has 0 radical (unpaired) electrons. The average Bonchev–Trinajstić information content (AvgIpc) is 2.37. The number of hydrogen-bond donors (Lipinski definition) is 3. The third kappa shape index (κ3) is 2.30. The predicted molar refractivity (Wildman–Crippen MR) is 80.4 cm³/mol. The molecule has 1 aliphatic heterocycles. The highest BCUT2D eigenvalue weighted by molar-refractivity contribution is 8.13. The second kappa shape index (κ2) is 4.92. The molecule has 0 aliphatic carbocycles. The average molecular weight is 308 g/mol. The van der Waals surface area contributed by atoms with Crippen molar-refractivity contribution in [3.63, 3.8) is 0 Å². The van der Waals surface area contributed by atoms with Crippen molar-refractivity contribution in [1.29, 1.82) is 0 Å². The number of benzene rings is 2. The van der Waals surface area contributed by atoms with Crippen molar-refractivity contribution in [2.24, 2.45) is 4.99 Å². The van der Waals surface area contributed by atoms with Gasteiger partial charge >= 0.3 is 0 Å². The van der Waals surface area contributed by atoms with E-state index in [0.29, 0.717) is 15.8 Å². The first-order valence-electron chi connectivity index (χ1n) is 5.80. The van der Waals surface area contributed by atoms with E-state index < -0.39 is 0 Å². The summed E-state index contributed by atoms with van der Waals surface area (Å²) in [5.41, 5.74) is 1.99. The Kier molecular flexibility index (Phi) is 3.23. The van der Waals surface area contributed by atoms with Crippen LogP contribution >= 0.6 is 23.4 Å². The number of phenols is 3. The number of aromatic hydroxyl groups is 3. The van der Waals surface area contributed by atoms with E-state index in [0.717, 1.165) is 11.3 Å². The number of fused-ring (bicyclic) bond motifs is 1. The number of rotatable bonds is 1. The van der Waals surface area contributed by atoms with Crippen molar-refractivity contribution in [3.8, 4) is 17.2 Å². The third-order valence-corrected chi connectivity index (χ3v) is 4.18. The molecule has 2 aromatic rings. The van der Waals surface area contributed by atoms with Crippen LogP contribution in [0.5, 0.6) is 17.2 Å². The van der Waals surface area contributed by atoms with E-state index in [1.54, 1.807) is 12.1 Å². The maximum atomic E-state index is 9.88. The summed E-state index contributed by atoms with van der Waals surface area (Å²) in [5, 5.41) is 30.2. The van der Waals surface area contributed by atoms with E-state index in [4.69, 9.17) is 11.6 Å². The molecule has 0 unspecified atom stereocenters. The summed E-state index contributed by atoms with van der Waals surface area (Å²) >= 11 is 7.32. The van der Waals surface area contributed by atoms with Crippen LogP contribution in [0.25, 0.3) is 0 Å². The summed E-state index contributed by atoms with van der Waals surface area (Å²) in [6, 6.07) is 7.74. The predicted octanol–water partition coefficient (Wildman–Crippen LogP) is 3.78. The van der Waals surface area contributed by atoms with Gasteiger partial charge in [-0.25, -0.2) is 4.99 Å². The Bertz CT molecular complexity index is 707. The fourth-order valence-electron chi connectivity index (χ4n) is 2.01. The first-order valence-corrected chi connectivity index (χ1v) is 7.16. The Hall–Kier alpha value is -1.85. The van der Waals surface area contributed by atoms with Crippen molar-refractivity contribution >= 4 is 34.1 Å². The minimum absolute atomic E-state index is 0.197. The maximum Gasteiger partial charge on any atom is 0.132 e. The Morgan fingerprint density at radius 1 is 1.05 bits per heavy atom. The highest BCUT2D eigenvalue weighted by Crippen LogP contribution is 2.40. The molecule has 102 valence electrons. The van der Waals surface area contributed by atoms with Gasteiger partial charge in [0, 0.05) is 22.9 Å². The molecule has 0 saturated carbocycles. The fraction of sp³-hybridized carbons (Fsp3) is 0.0714. The Morgan fingerprint density at radius 2 is 1.75 bits per heavy atom. The number of hydrogen-bond acceptors (Lipinski definition) is 5. The molecular weight excluding hydrogens is 298 g/mol. The van der Waals surface area contributed by atoms with Crippen LogP contribution in [0.15, 0.2) is 35.3 Å². The van der Waals surface area contributed by atoms with Gasteiger partial charge in [0.05, 0.1) is 11.3 Å². The van der Waals surface area contributed by atoms with Crippen LogP contribution in [0.4, 0.5) is 5.69 Å². The third-order valence-electron chi connectivity index (χ3n) is 2.92. The molecule has 1 aliphatic rings. The van der Waals surface area contributed by atoms with E-state index >= 15 is 0 Å². The summed E-state index contributed by atoms with van der Waals surface area (Å²) in [6.07, 6.45) is 0. The minimum atomic E-state index is -0.203. The van der Waals surface area contributed by atoms with Gasteiger partial charge in [-0.05, 0) is 23.8 Å². The lowest BCUT2D eigenvalue weighted by molar-refractivity contribution is 0.427. The van der Waals surface area contributed by atoms with Gasteiger partial charge in [0.1, 0.15) is 22.3 Å². The molecule has 0 fully saturated rings. The van der Waals surface area contributed by atoms with Crippen molar-refractivity contribution in [2.75, 3.05) is 0 Å². The van der Waals surface area contributed by atoms with Gasteiger partial charge in [-0.1, -0.05) is 11.6 Å². The van der Waals surface area contributed by atoms with Gasteiger partial charge in [0.15, 0.2) is 0 Å². The fourth-order valence-corrected chi connectivity index (χ4v) is 3.25. The highest BCUT2D eigenvalue weighted by atomic mass is 35.5. The zero-order valence-corrected chi connectivity index (χ0v) is 11.7. The van der Waals surface area contributed by atoms with Gasteiger partial charge < -0.3 is 15.3 Å². The number of thioether (sulfide) groups is 1. The van der Waals surface area contributed by atoms with Crippen LogP contribution in [0.2, 0.25) is 5.02 Å². The van der Waals surface area contributed by atoms with Crippen LogP contribution < -0.4 is 0 Å².